The van der Waals surface area contributed by atoms with Crippen molar-refractivity contribution < 1.29 is 18.9 Å². The Morgan fingerprint density at radius 3 is 0.561 bits per heavy atom. The Kier molecular flexibility index (Phi) is 44.5. The van der Waals surface area contributed by atoms with Gasteiger partial charge in [-0.15, -0.1) is 0 Å². The number of aromatic nitrogens is 4. The predicted molar refractivity (Wildman–Crippen MR) is 416 cm³/mol. The van der Waals surface area contributed by atoms with Crippen LogP contribution >= 0.6 is 0 Å². The lowest BCUT2D eigenvalue weighted by atomic mass is 10.1. The Balaban J connectivity index is 0.000000236. The van der Waals surface area contributed by atoms with Gasteiger partial charge in [0.2, 0.25) is 0 Å². The Labute approximate surface area is 596 Å². The fourth-order valence-electron chi connectivity index (χ4n) is 11.3. The molecule has 532 valence electrons. The van der Waals surface area contributed by atoms with E-state index in [9.17, 15) is 0 Å². The van der Waals surface area contributed by atoms with Crippen molar-refractivity contribution in [2.24, 2.45) is 0 Å². The van der Waals surface area contributed by atoms with E-state index in [1.807, 2.05) is 24.8 Å². The minimum absolute atomic E-state index is 0.826. The largest absolute Gasteiger partial charge is 0.494 e. The zero-order valence-corrected chi connectivity index (χ0v) is 62.5. The van der Waals surface area contributed by atoms with Crippen LogP contribution in [0.5, 0.6) is 23.0 Å². The minimum atomic E-state index is 0.826. The maximum atomic E-state index is 5.86. The fraction of sp³-hybridized carbons (Fsp3) is 0.511. The standard InChI is InChI=1S/C24H35NO.C23H33NO.C22H31NO.C21H29NO/c1-3-5-6-7-8-9-10-19-26-24-17-13-22(14-18-24)12-16-23-15-11-21(4-2)20-25-23;1-3-5-6-7-8-9-18-25-23-16-12-21(13-17-23)11-15-22-14-10-20(4-2)19-24-22;1-3-5-6-7-8-17-24-22-15-11-20(12-16-22)10-14-21-13-9-19(4-2)18-23-21;1-3-5-6-7-16-23-21-14-10-19(11-15-21)9-13-20-12-8-18(4-2)17-22-20/h11,13-15,17-18,20H,3-10,12,16,19H2,1-2H3;10,12-14,16-17,19H,3-9,11,15,18H2,1-2H3;9,11-13,15-16,18H,3-8,10,14,17H2,1-2H3;8,10-12,14-15,17H,3-7,9,13,16H2,1-2H3. The zero-order chi connectivity index (χ0) is 69.6. The Bertz CT molecular complexity index is 3130. The molecule has 0 unspecified atom stereocenters. The number of benzene rings is 4. The van der Waals surface area contributed by atoms with Gasteiger partial charge in [0.1, 0.15) is 23.0 Å². The van der Waals surface area contributed by atoms with Crippen LogP contribution in [0.3, 0.4) is 0 Å². The molecule has 0 amide bonds. The monoisotopic (exact) mass is 1330 g/mol. The molecule has 0 saturated carbocycles. The van der Waals surface area contributed by atoms with Crippen LogP contribution in [0, 0.1) is 0 Å². The highest BCUT2D eigenvalue weighted by molar-refractivity contribution is 5.31. The summed E-state index contributed by atoms with van der Waals surface area (Å²) in [6.45, 7) is 21.0. The molecule has 0 aliphatic rings. The lowest BCUT2D eigenvalue weighted by Crippen LogP contribution is -1.98. The highest BCUT2D eigenvalue weighted by Crippen LogP contribution is 2.21. The van der Waals surface area contributed by atoms with E-state index in [0.717, 1.165) is 152 Å². The van der Waals surface area contributed by atoms with Crippen LogP contribution < -0.4 is 18.9 Å². The maximum Gasteiger partial charge on any atom is 0.119 e. The average molecular weight is 1330 g/mol. The fourth-order valence-corrected chi connectivity index (χ4v) is 11.3. The van der Waals surface area contributed by atoms with E-state index in [4.69, 9.17) is 18.9 Å². The number of hydrogen-bond acceptors (Lipinski definition) is 8. The lowest BCUT2D eigenvalue weighted by molar-refractivity contribution is 0.304. The van der Waals surface area contributed by atoms with E-state index in [2.05, 4.69) is 221 Å². The summed E-state index contributed by atoms with van der Waals surface area (Å²) in [4.78, 5) is 18.1. The van der Waals surface area contributed by atoms with Crippen molar-refractivity contribution in [1.29, 1.82) is 0 Å². The molecule has 0 spiro atoms. The zero-order valence-electron chi connectivity index (χ0n) is 62.5. The van der Waals surface area contributed by atoms with Crippen LogP contribution in [0.4, 0.5) is 0 Å². The Hall–Kier alpha value is -7.32. The number of hydrogen-bond donors (Lipinski definition) is 0. The normalized spacial score (nSPS) is 10.8. The quantitative estimate of drug-likeness (QED) is 0.0349. The summed E-state index contributed by atoms with van der Waals surface area (Å²) in [7, 11) is 0. The summed E-state index contributed by atoms with van der Waals surface area (Å²) >= 11 is 0. The first-order chi connectivity index (χ1) is 48.3. The third-order valence-corrected chi connectivity index (χ3v) is 18.1. The van der Waals surface area contributed by atoms with Crippen molar-refractivity contribution in [3.05, 3.63) is 238 Å². The van der Waals surface area contributed by atoms with Gasteiger partial charge in [-0.1, -0.05) is 244 Å². The van der Waals surface area contributed by atoms with Gasteiger partial charge in [-0.3, -0.25) is 19.9 Å². The van der Waals surface area contributed by atoms with Gasteiger partial charge in [0.05, 0.1) is 26.4 Å². The van der Waals surface area contributed by atoms with Crippen LogP contribution in [0.2, 0.25) is 0 Å². The van der Waals surface area contributed by atoms with E-state index in [1.54, 1.807) is 0 Å². The molecule has 0 saturated heterocycles. The number of ether oxygens (including phenoxy) is 4. The van der Waals surface area contributed by atoms with Crippen LogP contribution in [0.1, 0.15) is 264 Å². The SMILES string of the molecule is CCCCCCCCCOc1ccc(CCc2ccc(CC)cn2)cc1.CCCCCCCCOc1ccc(CCc2ccc(CC)cn2)cc1.CCCCCCCOc1ccc(CCc2ccc(CC)cn2)cc1.CCCCCCOc1ccc(CCc2ccc(CC)cn2)cc1. The molecule has 0 aliphatic carbocycles. The van der Waals surface area contributed by atoms with Crippen molar-refractivity contribution in [2.75, 3.05) is 26.4 Å². The molecule has 4 aromatic carbocycles. The van der Waals surface area contributed by atoms with Crippen molar-refractivity contribution >= 4 is 0 Å². The average Bonchev–Trinajstić information content (AvgIpc) is 1.63. The molecule has 4 heterocycles. The third-order valence-electron chi connectivity index (χ3n) is 18.1. The van der Waals surface area contributed by atoms with Gasteiger partial charge >= 0.3 is 0 Å². The highest BCUT2D eigenvalue weighted by atomic mass is 16.5. The van der Waals surface area contributed by atoms with Crippen LogP contribution in [-0.4, -0.2) is 46.4 Å². The van der Waals surface area contributed by atoms with Gasteiger partial charge in [0, 0.05) is 47.6 Å². The molecular weight excluding hydrogens is 1200 g/mol. The first-order valence-corrected chi connectivity index (χ1v) is 38.9. The van der Waals surface area contributed by atoms with E-state index in [-0.39, 0.29) is 0 Å². The first-order valence-electron chi connectivity index (χ1n) is 38.9. The molecule has 0 fully saturated rings. The highest BCUT2D eigenvalue weighted by Gasteiger charge is 2.06. The molecular formula is C90H128N4O4. The lowest BCUT2D eigenvalue weighted by Gasteiger charge is -2.08. The molecule has 4 aromatic heterocycles. The van der Waals surface area contributed by atoms with Gasteiger partial charge in [0.15, 0.2) is 0 Å². The van der Waals surface area contributed by atoms with Gasteiger partial charge in [-0.05, 0) is 220 Å². The van der Waals surface area contributed by atoms with Crippen molar-refractivity contribution in [1.82, 2.24) is 19.9 Å². The molecule has 8 nitrogen and oxygen atoms in total. The molecule has 0 bridgehead atoms. The smallest absolute Gasteiger partial charge is 0.119 e. The van der Waals surface area contributed by atoms with Crippen LogP contribution in [-0.2, 0) is 77.0 Å². The molecule has 0 N–H and O–H groups in total. The number of rotatable bonds is 46. The van der Waals surface area contributed by atoms with Gasteiger partial charge in [-0.2, -0.15) is 0 Å². The van der Waals surface area contributed by atoms with Gasteiger partial charge in [0.25, 0.3) is 0 Å². The molecule has 8 aromatic rings. The Morgan fingerprint density at radius 2 is 0.378 bits per heavy atom. The molecule has 8 rings (SSSR count). The summed E-state index contributed by atoms with van der Waals surface area (Å²) in [6, 6.07) is 51.5. The third kappa shape index (κ3) is 37.6. The van der Waals surface area contributed by atoms with E-state index < -0.39 is 0 Å². The first kappa shape index (κ1) is 81.4. The van der Waals surface area contributed by atoms with E-state index >= 15 is 0 Å². The second kappa shape index (κ2) is 53.6. The summed E-state index contributed by atoms with van der Waals surface area (Å²) in [6.07, 6.45) is 48.6. The van der Waals surface area contributed by atoms with Crippen LogP contribution in [0.15, 0.2) is 170 Å². The van der Waals surface area contributed by atoms with Gasteiger partial charge < -0.3 is 18.9 Å². The number of aryl methyl sites for hydroxylation is 12. The summed E-state index contributed by atoms with van der Waals surface area (Å²) in [5.74, 6) is 3.95. The number of unbranched alkanes of at least 4 members (excludes halogenated alkanes) is 18. The second-order valence-corrected chi connectivity index (χ2v) is 26.4. The maximum absolute atomic E-state index is 5.86. The summed E-state index contributed by atoms with van der Waals surface area (Å²) < 4.78 is 23.3. The van der Waals surface area contributed by atoms with Gasteiger partial charge in [-0.25, -0.2) is 0 Å². The molecule has 0 radical (unpaired) electrons. The Morgan fingerprint density at radius 1 is 0.194 bits per heavy atom. The molecule has 98 heavy (non-hydrogen) atoms. The van der Waals surface area contributed by atoms with Crippen molar-refractivity contribution in [2.45, 2.75) is 274 Å². The van der Waals surface area contributed by atoms with E-state index in [1.165, 1.54) is 183 Å². The molecule has 8 heteroatoms. The van der Waals surface area contributed by atoms with Crippen molar-refractivity contribution in [3.63, 3.8) is 0 Å². The molecule has 0 atom stereocenters. The number of pyridine rings is 4. The van der Waals surface area contributed by atoms with E-state index in [0.29, 0.717) is 0 Å². The minimum Gasteiger partial charge on any atom is -0.494 e. The predicted octanol–water partition coefficient (Wildman–Crippen LogP) is 23.9. The number of nitrogens with zero attached hydrogens (tertiary/aromatic N) is 4. The second-order valence-electron chi connectivity index (χ2n) is 26.4. The topological polar surface area (TPSA) is 88.5 Å². The van der Waals surface area contributed by atoms with Crippen molar-refractivity contribution in [3.8, 4) is 23.0 Å². The summed E-state index contributed by atoms with van der Waals surface area (Å²) in [5.41, 5.74) is 15.2. The molecule has 0 aliphatic heterocycles. The van der Waals surface area contributed by atoms with Crippen LogP contribution in [0.25, 0.3) is 0 Å². The summed E-state index contributed by atoms with van der Waals surface area (Å²) in [5, 5.41) is 0.